The second kappa shape index (κ2) is 6.52. The third-order valence-electron chi connectivity index (χ3n) is 4.74. The van der Waals surface area contributed by atoms with E-state index < -0.39 is 41.8 Å². The van der Waals surface area contributed by atoms with E-state index in [4.69, 9.17) is 11.6 Å². The Balaban J connectivity index is 1.59. The number of carbonyl (C=O) groups excluding carboxylic acids is 2. The SMILES string of the molecule is O=C1N(CC(F)(F)F)C(=O)C2(CC2)N1Cc1nnc(-c2ccc(Cl)c(O)c2F)s1. The zero-order valence-corrected chi connectivity index (χ0v) is 15.9. The first-order valence-electron chi connectivity index (χ1n) is 8.23. The Morgan fingerprint density at radius 2 is 1.93 bits per heavy atom. The number of urea groups is 1. The molecule has 1 aromatic carbocycles. The number of hydrogen-bond acceptors (Lipinski definition) is 6. The van der Waals surface area contributed by atoms with E-state index in [2.05, 4.69) is 10.2 Å². The van der Waals surface area contributed by atoms with Gasteiger partial charge in [0.15, 0.2) is 16.6 Å². The smallest absolute Gasteiger partial charge is 0.406 e. The quantitative estimate of drug-likeness (QED) is 0.568. The van der Waals surface area contributed by atoms with Crippen LogP contribution in [0.2, 0.25) is 5.02 Å². The number of phenols is 1. The van der Waals surface area contributed by atoms with Gasteiger partial charge in [0, 0.05) is 0 Å². The Morgan fingerprint density at radius 3 is 2.55 bits per heavy atom. The molecule has 1 saturated carbocycles. The van der Waals surface area contributed by atoms with Crippen LogP contribution in [0.5, 0.6) is 5.75 Å². The molecule has 1 aromatic heterocycles. The maximum atomic E-state index is 14.2. The number of rotatable bonds is 4. The molecule has 1 spiro atoms. The van der Waals surface area contributed by atoms with Crippen LogP contribution in [0, 0.1) is 5.82 Å². The van der Waals surface area contributed by atoms with Crippen LogP contribution in [0.15, 0.2) is 12.1 Å². The zero-order valence-electron chi connectivity index (χ0n) is 14.3. The number of amides is 3. The number of aromatic nitrogens is 2. The number of imide groups is 1. The number of nitrogens with zero attached hydrogens (tertiary/aromatic N) is 4. The van der Waals surface area contributed by atoms with Gasteiger partial charge in [-0.05, 0) is 25.0 Å². The van der Waals surface area contributed by atoms with Gasteiger partial charge in [-0.3, -0.25) is 9.69 Å². The summed E-state index contributed by atoms with van der Waals surface area (Å²) in [6, 6.07) is 1.52. The number of hydrogen-bond donors (Lipinski definition) is 1. The van der Waals surface area contributed by atoms with Crippen molar-refractivity contribution in [2.45, 2.75) is 31.1 Å². The van der Waals surface area contributed by atoms with Gasteiger partial charge < -0.3 is 10.0 Å². The van der Waals surface area contributed by atoms with E-state index in [1.165, 1.54) is 12.1 Å². The summed E-state index contributed by atoms with van der Waals surface area (Å²) in [6.45, 7) is -1.89. The van der Waals surface area contributed by atoms with Gasteiger partial charge in [0.25, 0.3) is 5.91 Å². The zero-order chi connectivity index (χ0) is 21.1. The molecule has 7 nitrogen and oxygen atoms in total. The maximum Gasteiger partial charge on any atom is 0.406 e. The largest absolute Gasteiger partial charge is 0.504 e. The van der Waals surface area contributed by atoms with Crippen molar-refractivity contribution in [2.24, 2.45) is 0 Å². The van der Waals surface area contributed by atoms with E-state index in [-0.39, 0.29) is 44.9 Å². The summed E-state index contributed by atoms with van der Waals surface area (Å²) in [5.41, 5.74) is -1.35. The fourth-order valence-electron chi connectivity index (χ4n) is 3.19. The molecule has 154 valence electrons. The van der Waals surface area contributed by atoms with E-state index in [9.17, 15) is 32.3 Å². The molecule has 2 fully saturated rings. The average molecular weight is 451 g/mol. The van der Waals surface area contributed by atoms with Crippen LogP contribution in [-0.2, 0) is 11.3 Å². The van der Waals surface area contributed by atoms with Gasteiger partial charge in [-0.15, -0.1) is 10.2 Å². The highest BCUT2D eigenvalue weighted by atomic mass is 35.5. The van der Waals surface area contributed by atoms with Gasteiger partial charge in [-0.2, -0.15) is 13.2 Å². The molecule has 2 aromatic rings. The lowest BCUT2D eigenvalue weighted by Gasteiger charge is -2.19. The van der Waals surface area contributed by atoms with Crippen LogP contribution in [0.3, 0.4) is 0 Å². The van der Waals surface area contributed by atoms with Crippen molar-refractivity contribution in [3.63, 3.8) is 0 Å². The van der Waals surface area contributed by atoms with E-state index in [0.717, 1.165) is 16.2 Å². The molecular formula is C16H11ClF4N4O3S. The summed E-state index contributed by atoms with van der Waals surface area (Å²) < 4.78 is 52.4. The van der Waals surface area contributed by atoms with Crippen LogP contribution in [0.4, 0.5) is 22.4 Å². The maximum absolute atomic E-state index is 14.2. The molecule has 1 aliphatic carbocycles. The first kappa shape index (κ1) is 19.8. The lowest BCUT2D eigenvalue weighted by atomic mass is 10.2. The second-order valence-corrected chi connectivity index (χ2v) is 8.13. The molecule has 2 heterocycles. The van der Waals surface area contributed by atoms with E-state index >= 15 is 0 Å². The number of benzene rings is 1. The average Bonchev–Trinajstić information content (AvgIpc) is 3.28. The normalized spacial score (nSPS) is 18.2. The highest BCUT2D eigenvalue weighted by Gasteiger charge is 2.65. The Kier molecular flexibility index (Phi) is 4.46. The molecule has 2 aliphatic rings. The minimum Gasteiger partial charge on any atom is -0.504 e. The van der Waals surface area contributed by atoms with Crippen molar-refractivity contribution in [3.8, 4) is 16.3 Å². The number of phenolic OH excluding ortho intramolecular Hbond substituents is 1. The molecule has 0 atom stereocenters. The molecular weight excluding hydrogens is 440 g/mol. The molecule has 1 N–H and O–H groups in total. The van der Waals surface area contributed by atoms with Crippen molar-refractivity contribution >= 4 is 34.9 Å². The highest BCUT2D eigenvalue weighted by molar-refractivity contribution is 7.14. The van der Waals surface area contributed by atoms with Gasteiger partial charge >= 0.3 is 12.2 Å². The highest BCUT2D eigenvalue weighted by Crippen LogP contribution is 2.49. The van der Waals surface area contributed by atoms with Crippen LogP contribution < -0.4 is 0 Å². The molecule has 0 radical (unpaired) electrons. The lowest BCUT2D eigenvalue weighted by molar-refractivity contribution is -0.153. The Hall–Kier alpha value is -2.47. The Bertz CT molecular complexity index is 1020. The number of carbonyl (C=O) groups is 2. The van der Waals surface area contributed by atoms with Crippen LogP contribution in [-0.4, -0.2) is 55.3 Å². The first-order chi connectivity index (χ1) is 13.5. The first-order valence-corrected chi connectivity index (χ1v) is 9.43. The monoisotopic (exact) mass is 450 g/mol. The van der Waals surface area contributed by atoms with Gasteiger partial charge in [0.05, 0.1) is 17.1 Å². The predicted molar refractivity (Wildman–Crippen MR) is 92.6 cm³/mol. The summed E-state index contributed by atoms with van der Waals surface area (Å²) in [4.78, 5) is 26.1. The lowest BCUT2D eigenvalue weighted by Crippen LogP contribution is -2.39. The van der Waals surface area contributed by atoms with Gasteiger partial charge in [-0.1, -0.05) is 22.9 Å². The number of alkyl halides is 3. The van der Waals surface area contributed by atoms with Gasteiger partial charge in [0.2, 0.25) is 0 Å². The fourth-order valence-corrected chi connectivity index (χ4v) is 4.18. The number of aromatic hydroxyl groups is 1. The second-order valence-electron chi connectivity index (χ2n) is 6.67. The van der Waals surface area contributed by atoms with Crippen molar-refractivity contribution in [2.75, 3.05) is 6.54 Å². The van der Waals surface area contributed by atoms with E-state index in [1.807, 2.05) is 0 Å². The minimum atomic E-state index is -4.71. The molecule has 13 heteroatoms. The Labute approximate surface area is 169 Å². The molecule has 1 aliphatic heterocycles. The molecule has 1 saturated heterocycles. The summed E-state index contributed by atoms with van der Waals surface area (Å²) in [7, 11) is 0. The predicted octanol–water partition coefficient (Wildman–Crippen LogP) is 3.56. The summed E-state index contributed by atoms with van der Waals surface area (Å²) in [5, 5.41) is 17.4. The van der Waals surface area contributed by atoms with Crippen molar-refractivity contribution in [1.29, 1.82) is 0 Å². The van der Waals surface area contributed by atoms with Gasteiger partial charge in [-0.25, -0.2) is 9.18 Å². The molecule has 4 rings (SSSR count). The van der Waals surface area contributed by atoms with Gasteiger partial charge in [0.1, 0.15) is 17.1 Å². The molecule has 0 unspecified atom stereocenters. The van der Waals surface area contributed by atoms with Crippen LogP contribution >= 0.6 is 22.9 Å². The molecule has 0 bridgehead atoms. The van der Waals surface area contributed by atoms with E-state index in [0.29, 0.717) is 0 Å². The molecule has 3 amide bonds. The summed E-state index contributed by atoms with van der Waals surface area (Å²) >= 11 is 6.52. The topological polar surface area (TPSA) is 86.6 Å². The standard InChI is InChI=1S/C16H11ClF4N4O3S/c17-8-2-1-7(10(18)11(8)26)12-23-22-9(29-12)5-25-14(28)24(6-16(19,20)21)13(27)15(25)3-4-15/h1-2,26H,3-6H2. The Morgan fingerprint density at radius 1 is 1.24 bits per heavy atom. The fraction of sp³-hybridized carbons (Fsp3) is 0.375. The summed E-state index contributed by atoms with van der Waals surface area (Å²) in [5.74, 6) is -2.62. The third kappa shape index (κ3) is 3.29. The minimum absolute atomic E-state index is 0.0701. The van der Waals surface area contributed by atoms with E-state index in [1.54, 1.807) is 0 Å². The van der Waals surface area contributed by atoms with Crippen LogP contribution in [0.1, 0.15) is 17.8 Å². The number of halogens is 5. The third-order valence-corrected chi connectivity index (χ3v) is 5.99. The van der Waals surface area contributed by atoms with Crippen LogP contribution in [0.25, 0.3) is 10.6 Å². The summed E-state index contributed by atoms with van der Waals surface area (Å²) in [6.07, 6.45) is -4.18. The molecule has 29 heavy (non-hydrogen) atoms. The van der Waals surface area contributed by atoms with Crippen molar-refractivity contribution in [3.05, 3.63) is 28.0 Å². The van der Waals surface area contributed by atoms with Crippen molar-refractivity contribution in [1.82, 2.24) is 20.0 Å². The van der Waals surface area contributed by atoms with Crippen molar-refractivity contribution < 1.29 is 32.3 Å².